The third kappa shape index (κ3) is 2.73. The van der Waals surface area contributed by atoms with Crippen LogP contribution in [0, 0.1) is 0 Å². The lowest BCUT2D eigenvalue weighted by Gasteiger charge is -2.22. The van der Waals surface area contributed by atoms with E-state index in [2.05, 4.69) is 15.3 Å². The van der Waals surface area contributed by atoms with Crippen LogP contribution in [0.2, 0.25) is 0 Å². The molecule has 1 heterocycles. The highest BCUT2D eigenvalue weighted by atomic mass is 16.1. The van der Waals surface area contributed by atoms with Crippen molar-refractivity contribution in [1.82, 2.24) is 9.97 Å². The molecule has 0 aliphatic rings. The largest absolute Gasteiger partial charge is 0.368 e. The number of nitrogens with zero attached hydrogens (tertiary/aromatic N) is 3. The Morgan fingerprint density at radius 2 is 2.11 bits per heavy atom. The van der Waals surface area contributed by atoms with Crippen LogP contribution in [0.1, 0.15) is 6.92 Å². The van der Waals surface area contributed by atoms with Crippen LogP contribution in [0.5, 0.6) is 0 Å². The van der Waals surface area contributed by atoms with Crippen molar-refractivity contribution >= 4 is 28.6 Å². The summed E-state index contributed by atoms with van der Waals surface area (Å²) >= 11 is 0. The molecule has 0 aliphatic heterocycles. The van der Waals surface area contributed by atoms with Gasteiger partial charge in [0.1, 0.15) is 5.82 Å². The maximum absolute atomic E-state index is 11.2. The summed E-state index contributed by atoms with van der Waals surface area (Å²) in [6.45, 7) is 2.74. The van der Waals surface area contributed by atoms with Gasteiger partial charge in [0.05, 0.1) is 12.1 Å². The Hall–Kier alpha value is -2.37. The van der Waals surface area contributed by atoms with E-state index in [0.29, 0.717) is 12.5 Å². The Morgan fingerprint density at radius 3 is 2.74 bits per heavy atom. The lowest BCUT2D eigenvalue weighted by Crippen LogP contribution is -2.34. The number of anilines is 2. The monoisotopic (exact) mass is 259 g/mol. The predicted octanol–water partition coefficient (Wildman–Crippen LogP) is 0.983. The molecule has 1 amide bonds. The minimum Gasteiger partial charge on any atom is -0.368 e. The molecule has 1 aromatic heterocycles. The lowest BCUT2D eigenvalue weighted by molar-refractivity contribution is -0.116. The van der Waals surface area contributed by atoms with Crippen LogP contribution in [0.3, 0.4) is 0 Å². The molecule has 6 nitrogen and oxygen atoms in total. The summed E-state index contributed by atoms with van der Waals surface area (Å²) in [5, 5.41) is 3.83. The minimum atomic E-state index is -0.379. The Kier molecular flexibility index (Phi) is 3.79. The van der Waals surface area contributed by atoms with E-state index in [1.165, 1.54) is 0 Å². The van der Waals surface area contributed by atoms with Gasteiger partial charge >= 0.3 is 0 Å². The number of amides is 1. The topological polar surface area (TPSA) is 84.1 Å². The molecule has 2 aromatic rings. The molecule has 0 spiro atoms. The van der Waals surface area contributed by atoms with Gasteiger partial charge in [-0.1, -0.05) is 12.1 Å². The number of para-hydroxylation sites is 1. The van der Waals surface area contributed by atoms with Gasteiger partial charge in [-0.15, -0.1) is 0 Å². The minimum absolute atomic E-state index is 0.140. The molecule has 100 valence electrons. The van der Waals surface area contributed by atoms with E-state index in [1.54, 1.807) is 7.05 Å². The number of likely N-dealkylation sites (N-methyl/N-ethyl adjacent to an activating group) is 1. The summed E-state index contributed by atoms with van der Waals surface area (Å²) < 4.78 is 0. The van der Waals surface area contributed by atoms with Crippen molar-refractivity contribution in [2.24, 2.45) is 5.73 Å². The molecule has 0 radical (unpaired) electrons. The zero-order valence-electron chi connectivity index (χ0n) is 11.1. The first-order chi connectivity index (χ1) is 9.15. The average molecular weight is 259 g/mol. The van der Waals surface area contributed by atoms with Gasteiger partial charge in [-0.2, -0.15) is 4.98 Å². The SMILES string of the molecule is CCN(CC(N)=O)c1nc(NC)nc2ccccc12. The average Bonchev–Trinajstić information content (AvgIpc) is 2.43. The Labute approximate surface area is 111 Å². The van der Waals surface area contributed by atoms with Crippen molar-refractivity contribution in [1.29, 1.82) is 0 Å². The summed E-state index contributed by atoms with van der Waals surface area (Å²) in [5.74, 6) is 0.864. The quantitative estimate of drug-likeness (QED) is 0.836. The fourth-order valence-corrected chi connectivity index (χ4v) is 1.94. The van der Waals surface area contributed by atoms with Crippen molar-refractivity contribution in [3.8, 4) is 0 Å². The highest BCUT2D eigenvalue weighted by Crippen LogP contribution is 2.24. The van der Waals surface area contributed by atoms with Crippen LogP contribution in [0.25, 0.3) is 10.9 Å². The second-order valence-electron chi connectivity index (χ2n) is 4.12. The number of rotatable bonds is 5. The van der Waals surface area contributed by atoms with Gasteiger partial charge in [-0.25, -0.2) is 4.98 Å². The standard InChI is InChI=1S/C13H17N5O/c1-3-18(8-11(14)19)12-9-6-4-5-7-10(9)16-13(15-2)17-12/h4-7H,3,8H2,1-2H3,(H2,14,19)(H,15,16,17). The smallest absolute Gasteiger partial charge is 0.236 e. The van der Waals surface area contributed by atoms with Gasteiger partial charge in [0, 0.05) is 19.0 Å². The molecule has 6 heteroatoms. The number of fused-ring (bicyclic) bond motifs is 1. The van der Waals surface area contributed by atoms with Crippen LogP contribution < -0.4 is 16.0 Å². The van der Waals surface area contributed by atoms with Gasteiger partial charge in [-0.3, -0.25) is 4.79 Å². The summed E-state index contributed by atoms with van der Waals surface area (Å²) in [6, 6.07) is 7.70. The molecular weight excluding hydrogens is 242 g/mol. The number of aromatic nitrogens is 2. The number of carbonyl (C=O) groups is 1. The van der Waals surface area contributed by atoms with Gasteiger partial charge in [0.15, 0.2) is 0 Å². The van der Waals surface area contributed by atoms with E-state index in [9.17, 15) is 4.79 Å². The fourth-order valence-electron chi connectivity index (χ4n) is 1.94. The van der Waals surface area contributed by atoms with Gasteiger partial charge in [0.25, 0.3) is 0 Å². The molecule has 0 bridgehead atoms. The van der Waals surface area contributed by atoms with Crippen molar-refractivity contribution in [2.45, 2.75) is 6.92 Å². The third-order valence-electron chi connectivity index (χ3n) is 2.83. The van der Waals surface area contributed by atoms with Crippen molar-refractivity contribution in [2.75, 3.05) is 30.4 Å². The maximum atomic E-state index is 11.2. The first-order valence-electron chi connectivity index (χ1n) is 6.13. The third-order valence-corrected chi connectivity index (χ3v) is 2.83. The van der Waals surface area contributed by atoms with E-state index in [1.807, 2.05) is 36.1 Å². The first-order valence-corrected chi connectivity index (χ1v) is 6.13. The summed E-state index contributed by atoms with van der Waals surface area (Å²) in [4.78, 5) is 21.8. The van der Waals surface area contributed by atoms with E-state index in [4.69, 9.17) is 5.73 Å². The highest BCUT2D eigenvalue weighted by molar-refractivity contribution is 5.92. The molecule has 0 atom stereocenters. The number of hydrogen-bond donors (Lipinski definition) is 2. The van der Waals surface area contributed by atoms with Crippen LogP contribution in [-0.4, -0.2) is 36.0 Å². The zero-order chi connectivity index (χ0) is 13.8. The Morgan fingerprint density at radius 1 is 1.37 bits per heavy atom. The van der Waals surface area contributed by atoms with Crippen molar-refractivity contribution < 1.29 is 4.79 Å². The Bertz CT molecular complexity index is 599. The summed E-state index contributed by atoms with van der Waals surface area (Å²) in [7, 11) is 1.76. The van der Waals surface area contributed by atoms with Crippen LogP contribution in [0.4, 0.5) is 11.8 Å². The number of carbonyl (C=O) groups excluding carboxylic acids is 1. The Balaban J connectivity index is 2.58. The fraction of sp³-hybridized carbons (Fsp3) is 0.308. The molecular formula is C13H17N5O. The van der Waals surface area contributed by atoms with Gasteiger partial charge < -0.3 is 16.0 Å². The highest BCUT2D eigenvalue weighted by Gasteiger charge is 2.14. The van der Waals surface area contributed by atoms with Crippen LogP contribution in [0.15, 0.2) is 24.3 Å². The van der Waals surface area contributed by atoms with Crippen LogP contribution >= 0.6 is 0 Å². The molecule has 0 saturated carbocycles. The van der Waals surface area contributed by atoms with Crippen molar-refractivity contribution in [3.05, 3.63) is 24.3 Å². The summed E-state index contributed by atoms with van der Waals surface area (Å²) in [6.07, 6.45) is 0. The van der Waals surface area contributed by atoms with Gasteiger partial charge in [0.2, 0.25) is 11.9 Å². The number of nitrogens with one attached hydrogen (secondary N) is 1. The molecule has 0 unspecified atom stereocenters. The molecule has 3 N–H and O–H groups in total. The molecule has 19 heavy (non-hydrogen) atoms. The van der Waals surface area contributed by atoms with Crippen LogP contribution in [-0.2, 0) is 4.79 Å². The molecule has 0 saturated heterocycles. The molecule has 0 fully saturated rings. The van der Waals surface area contributed by atoms with E-state index < -0.39 is 0 Å². The van der Waals surface area contributed by atoms with Gasteiger partial charge in [-0.05, 0) is 19.1 Å². The second-order valence-corrected chi connectivity index (χ2v) is 4.12. The lowest BCUT2D eigenvalue weighted by atomic mass is 10.2. The number of primary amides is 1. The normalized spacial score (nSPS) is 10.4. The number of nitrogens with two attached hydrogens (primary N) is 1. The van der Waals surface area contributed by atoms with E-state index >= 15 is 0 Å². The van der Waals surface area contributed by atoms with E-state index in [-0.39, 0.29) is 12.5 Å². The van der Waals surface area contributed by atoms with Crippen molar-refractivity contribution in [3.63, 3.8) is 0 Å². The first kappa shape index (κ1) is 13.1. The number of hydrogen-bond acceptors (Lipinski definition) is 5. The predicted molar refractivity (Wildman–Crippen MR) is 76.2 cm³/mol. The zero-order valence-corrected chi connectivity index (χ0v) is 11.1. The van der Waals surface area contributed by atoms with E-state index in [0.717, 1.165) is 16.7 Å². The molecule has 0 aliphatic carbocycles. The molecule has 2 rings (SSSR count). The number of benzene rings is 1. The maximum Gasteiger partial charge on any atom is 0.236 e. The summed E-state index contributed by atoms with van der Waals surface area (Å²) in [5.41, 5.74) is 6.11. The second kappa shape index (κ2) is 5.51. The molecule has 1 aromatic carbocycles.